The quantitative estimate of drug-likeness (QED) is 0.165. The molecule has 0 bridgehead atoms. The van der Waals surface area contributed by atoms with Gasteiger partial charge in [0.2, 0.25) is 0 Å². The second kappa shape index (κ2) is 14.6. The van der Waals surface area contributed by atoms with E-state index in [0.29, 0.717) is 0 Å². The zero-order valence-corrected chi connectivity index (χ0v) is 41.2. The van der Waals surface area contributed by atoms with E-state index in [9.17, 15) is 0 Å². The Hall–Kier alpha value is -6.76. The van der Waals surface area contributed by atoms with Crippen LogP contribution in [0.5, 0.6) is 0 Å². The molecule has 2 aliphatic heterocycles. The van der Waals surface area contributed by atoms with Gasteiger partial charge in [-0.3, -0.25) is 0 Å². The van der Waals surface area contributed by atoms with E-state index in [1.807, 2.05) is 23.5 Å². The average Bonchev–Trinajstić information content (AvgIpc) is 4.02. The number of furan rings is 2. The summed E-state index contributed by atoms with van der Waals surface area (Å²) in [5, 5.41) is 4.83. The van der Waals surface area contributed by atoms with Gasteiger partial charge in [-0.15, -0.1) is 11.3 Å². The largest absolute Gasteiger partial charge is 0.456 e. The Bertz CT molecular complexity index is 3590. The van der Waals surface area contributed by atoms with Gasteiger partial charge in [0.1, 0.15) is 22.7 Å². The Morgan fingerprint density at radius 1 is 0.478 bits per heavy atom. The normalized spacial score (nSPS) is 13.5. The lowest BCUT2D eigenvalue weighted by Gasteiger charge is -2.44. The first-order chi connectivity index (χ1) is 32.0. The molecule has 12 rings (SSSR count). The first-order valence-corrected chi connectivity index (χ1v) is 24.5. The van der Waals surface area contributed by atoms with Crippen molar-refractivity contribution in [3.63, 3.8) is 0 Å². The standard InChI is InChI=1S/C61H55BN2O2S/c1-34-24-48-56-49(25-34)64(58-35(2)26-42(27-36(58)3)53-32-40-17-13-15-19-51(40)66-53)59-55(45-33-43(60(6,7)8)21-23-54(45)67-59)62(56)46-22-20-41(52-31-39-16-12-14-18-50(39)65-52)30-47(46)63(48)57-37(4)28-44(29-38(57)5)61(9,10)11/h12-33H,1-11H3. The molecule has 7 aromatic carbocycles. The van der Waals surface area contributed by atoms with Crippen LogP contribution in [0, 0.1) is 34.6 Å². The number of nitrogens with zero attached hydrogens (tertiary/aromatic N) is 2. The number of thiophene rings is 1. The predicted molar refractivity (Wildman–Crippen MR) is 287 cm³/mol. The average molecular weight is 891 g/mol. The van der Waals surface area contributed by atoms with Crippen molar-refractivity contribution in [2.75, 3.05) is 9.80 Å². The molecule has 10 aromatic rings. The summed E-state index contributed by atoms with van der Waals surface area (Å²) < 4.78 is 14.4. The van der Waals surface area contributed by atoms with Gasteiger partial charge < -0.3 is 18.6 Å². The molecule has 4 nitrogen and oxygen atoms in total. The molecule has 0 saturated heterocycles. The van der Waals surface area contributed by atoms with Gasteiger partial charge in [0.25, 0.3) is 6.71 Å². The maximum Gasteiger partial charge on any atom is 0.254 e. The Balaban J connectivity index is 1.16. The van der Waals surface area contributed by atoms with Crippen molar-refractivity contribution in [1.82, 2.24) is 0 Å². The lowest BCUT2D eigenvalue weighted by atomic mass is 9.33. The highest BCUT2D eigenvalue weighted by atomic mass is 32.1. The van der Waals surface area contributed by atoms with Gasteiger partial charge in [-0.25, -0.2) is 0 Å². The van der Waals surface area contributed by atoms with Crippen molar-refractivity contribution in [2.24, 2.45) is 0 Å². The minimum Gasteiger partial charge on any atom is -0.456 e. The fourth-order valence-electron chi connectivity index (χ4n) is 11.2. The summed E-state index contributed by atoms with van der Waals surface area (Å²) >= 11 is 1.92. The summed E-state index contributed by atoms with van der Waals surface area (Å²) in [6, 6.07) is 49.7. The van der Waals surface area contributed by atoms with E-state index < -0.39 is 0 Å². The van der Waals surface area contributed by atoms with E-state index in [1.54, 1.807) is 0 Å². The number of para-hydroxylation sites is 2. The van der Waals surface area contributed by atoms with Crippen molar-refractivity contribution >= 4 is 99.9 Å². The van der Waals surface area contributed by atoms with Crippen LogP contribution < -0.4 is 26.2 Å². The van der Waals surface area contributed by atoms with E-state index in [0.717, 1.165) is 44.6 Å². The molecule has 330 valence electrons. The van der Waals surface area contributed by atoms with E-state index in [2.05, 4.69) is 207 Å². The summed E-state index contributed by atoms with van der Waals surface area (Å²) in [7, 11) is 0. The first-order valence-electron chi connectivity index (χ1n) is 23.7. The molecule has 0 spiro atoms. The van der Waals surface area contributed by atoms with E-state index in [1.165, 1.54) is 98.9 Å². The van der Waals surface area contributed by atoms with Crippen molar-refractivity contribution in [1.29, 1.82) is 0 Å². The van der Waals surface area contributed by atoms with Crippen LogP contribution in [-0.2, 0) is 10.8 Å². The fourth-order valence-corrected chi connectivity index (χ4v) is 12.4. The number of fused-ring (bicyclic) bond motifs is 8. The van der Waals surface area contributed by atoms with Crippen LogP contribution in [0.4, 0.5) is 33.4 Å². The van der Waals surface area contributed by atoms with E-state index in [4.69, 9.17) is 8.83 Å². The third-order valence-electron chi connectivity index (χ3n) is 14.4. The Labute approximate surface area is 398 Å². The van der Waals surface area contributed by atoms with Gasteiger partial charge in [0.15, 0.2) is 0 Å². The molecule has 67 heavy (non-hydrogen) atoms. The minimum absolute atomic E-state index is 0.00834. The van der Waals surface area contributed by atoms with E-state index >= 15 is 0 Å². The Morgan fingerprint density at radius 3 is 1.63 bits per heavy atom. The van der Waals surface area contributed by atoms with Gasteiger partial charge in [-0.1, -0.05) is 114 Å². The van der Waals surface area contributed by atoms with Crippen molar-refractivity contribution in [3.8, 4) is 22.6 Å². The molecule has 5 heterocycles. The summed E-state index contributed by atoms with van der Waals surface area (Å²) in [6.07, 6.45) is 0. The third kappa shape index (κ3) is 6.47. The molecule has 6 heteroatoms. The molecule has 0 atom stereocenters. The number of rotatable bonds is 4. The zero-order chi connectivity index (χ0) is 46.4. The Kier molecular flexibility index (Phi) is 9.09. The van der Waals surface area contributed by atoms with Gasteiger partial charge in [0.05, 0.1) is 16.4 Å². The lowest BCUT2D eigenvalue weighted by molar-refractivity contribution is 0.589. The van der Waals surface area contributed by atoms with Gasteiger partial charge in [-0.05, 0) is 167 Å². The first kappa shape index (κ1) is 41.7. The molecule has 0 unspecified atom stereocenters. The van der Waals surface area contributed by atoms with Gasteiger partial charge in [0, 0.05) is 43.7 Å². The fraction of sp³-hybridized carbons (Fsp3) is 0.213. The van der Waals surface area contributed by atoms with Crippen molar-refractivity contribution in [2.45, 2.75) is 87.0 Å². The lowest BCUT2D eigenvalue weighted by Crippen LogP contribution is -2.61. The van der Waals surface area contributed by atoms with Crippen LogP contribution in [0.25, 0.3) is 54.7 Å². The monoisotopic (exact) mass is 890 g/mol. The molecule has 0 aliphatic carbocycles. The second-order valence-corrected chi connectivity index (χ2v) is 22.4. The highest BCUT2D eigenvalue weighted by Gasteiger charge is 2.46. The molecule has 0 amide bonds. The minimum atomic E-state index is -0.0262. The van der Waals surface area contributed by atoms with Crippen LogP contribution in [0.1, 0.15) is 80.5 Å². The summed E-state index contributed by atoms with van der Waals surface area (Å²) in [4.78, 5) is 5.23. The summed E-state index contributed by atoms with van der Waals surface area (Å²) in [5.41, 5.74) is 22.9. The molecular formula is C61H55BN2O2S. The van der Waals surface area contributed by atoms with Crippen LogP contribution in [0.3, 0.4) is 0 Å². The van der Waals surface area contributed by atoms with Gasteiger partial charge in [-0.2, -0.15) is 0 Å². The Morgan fingerprint density at radius 2 is 1.03 bits per heavy atom. The highest BCUT2D eigenvalue weighted by Crippen LogP contribution is 2.52. The topological polar surface area (TPSA) is 32.8 Å². The SMILES string of the molecule is Cc1cc2c3c(c1)N(c1c(C)cc(-c4cc5ccccc5o4)cc1C)c1sc4ccc(C(C)(C)C)cc4c1B3c1ccc(-c3cc4ccccc4o3)cc1N2c1c(C)cc(C(C)(C)C)cc1C. The molecular weight excluding hydrogens is 836 g/mol. The van der Waals surface area contributed by atoms with Crippen molar-refractivity contribution < 1.29 is 8.83 Å². The third-order valence-corrected chi connectivity index (χ3v) is 15.6. The molecule has 3 aromatic heterocycles. The van der Waals surface area contributed by atoms with E-state index in [-0.39, 0.29) is 17.5 Å². The maximum absolute atomic E-state index is 6.61. The van der Waals surface area contributed by atoms with Crippen LogP contribution in [-0.4, -0.2) is 6.71 Å². The van der Waals surface area contributed by atoms with Crippen LogP contribution >= 0.6 is 11.3 Å². The number of benzene rings is 7. The molecule has 2 aliphatic rings. The summed E-state index contributed by atoms with van der Waals surface area (Å²) in [6.45, 7) is 25.3. The van der Waals surface area contributed by atoms with Gasteiger partial charge >= 0.3 is 0 Å². The predicted octanol–water partition coefficient (Wildman–Crippen LogP) is 15.9. The number of aryl methyl sites for hydroxylation is 5. The van der Waals surface area contributed by atoms with Crippen LogP contribution in [0.2, 0.25) is 0 Å². The number of anilines is 6. The smallest absolute Gasteiger partial charge is 0.254 e. The number of hydrogen-bond acceptors (Lipinski definition) is 5. The maximum atomic E-state index is 6.61. The van der Waals surface area contributed by atoms with Crippen LogP contribution in [0.15, 0.2) is 142 Å². The van der Waals surface area contributed by atoms with Crippen molar-refractivity contribution in [3.05, 3.63) is 172 Å². The number of hydrogen-bond donors (Lipinski definition) is 0. The molecule has 0 N–H and O–H groups in total. The zero-order valence-electron chi connectivity index (χ0n) is 40.4. The molecule has 0 saturated carbocycles. The molecule has 0 fully saturated rings. The highest BCUT2D eigenvalue weighted by molar-refractivity contribution is 7.26. The summed E-state index contributed by atoms with van der Waals surface area (Å²) in [5.74, 6) is 1.76. The second-order valence-electron chi connectivity index (χ2n) is 21.3. The molecule has 0 radical (unpaired) electrons.